The summed E-state index contributed by atoms with van der Waals surface area (Å²) in [6.45, 7) is 2.11. The summed E-state index contributed by atoms with van der Waals surface area (Å²) in [6, 6.07) is 13.3. The van der Waals surface area contributed by atoms with Crippen molar-refractivity contribution in [3.05, 3.63) is 58.1 Å². The van der Waals surface area contributed by atoms with Crippen molar-refractivity contribution in [2.75, 3.05) is 10.6 Å². The predicted octanol–water partition coefficient (Wildman–Crippen LogP) is 5.36. The molecule has 2 aromatic rings. The van der Waals surface area contributed by atoms with E-state index in [-0.39, 0.29) is 0 Å². The van der Waals surface area contributed by atoms with Gasteiger partial charge in [0, 0.05) is 21.4 Å². The average Bonchev–Trinajstić information content (AvgIpc) is 2.37. The van der Waals surface area contributed by atoms with Crippen LogP contribution in [0.2, 0.25) is 10.0 Å². The van der Waals surface area contributed by atoms with E-state index in [9.17, 15) is 0 Å². The van der Waals surface area contributed by atoms with Crippen molar-refractivity contribution in [2.45, 2.75) is 13.3 Å². The van der Waals surface area contributed by atoms with Crippen LogP contribution in [-0.4, -0.2) is 5.11 Å². The van der Waals surface area contributed by atoms with E-state index >= 15 is 0 Å². The second kappa shape index (κ2) is 6.93. The average molecular weight is 325 g/mol. The number of hydrogen-bond acceptors (Lipinski definition) is 1. The van der Waals surface area contributed by atoms with Gasteiger partial charge in [0.05, 0.1) is 0 Å². The second-order valence-electron chi connectivity index (χ2n) is 4.29. The van der Waals surface area contributed by atoms with Gasteiger partial charge in [0.25, 0.3) is 0 Å². The molecule has 0 unspecified atom stereocenters. The summed E-state index contributed by atoms with van der Waals surface area (Å²) in [5.41, 5.74) is 2.96. The topological polar surface area (TPSA) is 24.1 Å². The van der Waals surface area contributed by atoms with Crippen LogP contribution in [0.25, 0.3) is 0 Å². The van der Waals surface area contributed by atoms with E-state index in [1.54, 1.807) is 18.2 Å². The van der Waals surface area contributed by atoms with Gasteiger partial charge in [-0.1, -0.05) is 42.3 Å². The lowest BCUT2D eigenvalue weighted by molar-refractivity contribution is 1.14. The molecule has 0 amide bonds. The highest BCUT2D eigenvalue weighted by Gasteiger charge is 2.02. The van der Waals surface area contributed by atoms with Crippen LogP contribution in [0.15, 0.2) is 42.5 Å². The molecular weight excluding hydrogens is 311 g/mol. The van der Waals surface area contributed by atoms with Crippen molar-refractivity contribution < 1.29 is 0 Å². The minimum absolute atomic E-state index is 0.497. The van der Waals surface area contributed by atoms with E-state index in [1.807, 2.05) is 12.1 Å². The fourth-order valence-electron chi connectivity index (χ4n) is 1.79. The summed E-state index contributed by atoms with van der Waals surface area (Å²) < 4.78 is 0. The number of nitrogens with one attached hydrogen (secondary N) is 2. The van der Waals surface area contributed by atoms with E-state index in [1.165, 1.54) is 5.56 Å². The van der Waals surface area contributed by atoms with E-state index < -0.39 is 0 Å². The van der Waals surface area contributed by atoms with Crippen molar-refractivity contribution >= 4 is 51.9 Å². The van der Waals surface area contributed by atoms with E-state index in [4.69, 9.17) is 35.4 Å². The molecule has 2 N–H and O–H groups in total. The largest absolute Gasteiger partial charge is 0.332 e. The quantitative estimate of drug-likeness (QED) is 0.742. The van der Waals surface area contributed by atoms with Gasteiger partial charge in [-0.15, -0.1) is 0 Å². The smallest absolute Gasteiger partial charge is 0.175 e. The van der Waals surface area contributed by atoms with Gasteiger partial charge in [-0.2, -0.15) is 0 Å². The van der Waals surface area contributed by atoms with Gasteiger partial charge >= 0.3 is 0 Å². The third kappa shape index (κ3) is 4.37. The second-order valence-corrected chi connectivity index (χ2v) is 5.57. The minimum atomic E-state index is 0.497. The molecule has 0 aliphatic rings. The molecule has 0 fully saturated rings. The molecule has 5 heteroatoms. The normalized spacial score (nSPS) is 10.2. The monoisotopic (exact) mass is 324 g/mol. The SMILES string of the molecule is CCc1cccc(NC(=S)Nc2cc(Cl)cc(Cl)c2)c1. The molecule has 2 rings (SSSR count). The Labute approximate surface area is 134 Å². The molecule has 104 valence electrons. The van der Waals surface area contributed by atoms with Gasteiger partial charge in [0.2, 0.25) is 0 Å². The molecule has 0 saturated carbocycles. The molecule has 0 radical (unpaired) electrons. The molecule has 0 spiro atoms. The van der Waals surface area contributed by atoms with Crippen molar-refractivity contribution in [3.63, 3.8) is 0 Å². The van der Waals surface area contributed by atoms with Crippen LogP contribution in [-0.2, 0) is 6.42 Å². The fourth-order valence-corrected chi connectivity index (χ4v) is 2.55. The third-order valence-corrected chi connectivity index (χ3v) is 3.35. The van der Waals surface area contributed by atoms with Crippen LogP contribution >= 0.6 is 35.4 Å². The van der Waals surface area contributed by atoms with Crippen LogP contribution in [0.4, 0.5) is 11.4 Å². The Morgan fingerprint density at radius 3 is 2.30 bits per heavy atom. The van der Waals surface area contributed by atoms with Crippen molar-refractivity contribution in [1.29, 1.82) is 0 Å². The Bertz CT molecular complexity index is 609. The Hall–Kier alpha value is -1.29. The van der Waals surface area contributed by atoms with E-state index in [0.717, 1.165) is 17.8 Å². The summed E-state index contributed by atoms with van der Waals surface area (Å²) in [7, 11) is 0. The van der Waals surface area contributed by atoms with Crippen molar-refractivity contribution in [1.82, 2.24) is 0 Å². The number of rotatable bonds is 3. The van der Waals surface area contributed by atoms with Crippen LogP contribution in [0.1, 0.15) is 12.5 Å². The predicted molar refractivity (Wildman–Crippen MR) is 92.1 cm³/mol. The standard InChI is InChI=1S/C15H14Cl2N2S/c1-2-10-4-3-5-13(6-10)18-15(20)19-14-8-11(16)7-12(17)9-14/h3-9H,2H2,1H3,(H2,18,19,20). The van der Waals surface area contributed by atoms with Gasteiger partial charge in [-0.25, -0.2) is 0 Å². The Kier molecular flexibility index (Phi) is 5.24. The van der Waals surface area contributed by atoms with E-state index in [2.05, 4.69) is 29.7 Å². The molecule has 20 heavy (non-hydrogen) atoms. The first-order valence-electron chi connectivity index (χ1n) is 6.20. The number of halogens is 2. The first kappa shape index (κ1) is 15.1. The molecule has 0 aliphatic carbocycles. The maximum absolute atomic E-state index is 5.95. The first-order chi connectivity index (χ1) is 9.56. The number of aryl methyl sites for hydroxylation is 1. The lowest BCUT2D eigenvalue weighted by Crippen LogP contribution is -2.19. The maximum atomic E-state index is 5.95. The Balaban J connectivity index is 2.04. The van der Waals surface area contributed by atoms with Crippen LogP contribution in [0.5, 0.6) is 0 Å². The number of thiocarbonyl (C=S) groups is 1. The summed E-state index contributed by atoms with van der Waals surface area (Å²) >= 11 is 17.2. The van der Waals surface area contributed by atoms with E-state index in [0.29, 0.717) is 15.2 Å². The fraction of sp³-hybridized carbons (Fsp3) is 0.133. The Morgan fingerprint density at radius 2 is 1.65 bits per heavy atom. The highest BCUT2D eigenvalue weighted by atomic mass is 35.5. The van der Waals surface area contributed by atoms with Gasteiger partial charge in [0.1, 0.15) is 0 Å². The van der Waals surface area contributed by atoms with Crippen LogP contribution in [0, 0.1) is 0 Å². The van der Waals surface area contributed by atoms with Gasteiger partial charge in [0.15, 0.2) is 5.11 Å². The summed E-state index contributed by atoms with van der Waals surface area (Å²) in [6.07, 6.45) is 0.986. The molecular formula is C15H14Cl2N2S. The first-order valence-corrected chi connectivity index (χ1v) is 7.36. The molecule has 0 aromatic heterocycles. The zero-order valence-corrected chi connectivity index (χ0v) is 13.2. The molecule has 0 atom stereocenters. The van der Waals surface area contributed by atoms with Crippen molar-refractivity contribution in [3.8, 4) is 0 Å². The highest BCUT2D eigenvalue weighted by Crippen LogP contribution is 2.22. The van der Waals surface area contributed by atoms with Crippen LogP contribution in [0.3, 0.4) is 0 Å². The maximum Gasteiger partial charge on any atom is 0.175 e. The number of benzene rings is 2. The van der Waals surface area contributed by atoms with Crippen molar-refractivity contribution in [2.24, 2.45) is 0 Å². The Morgan fingerprint density at radius 1 is 1.00 bits per heavy atom. The summed E-state index contributed by atoms with van der Waals surface area (Å²) in [5.74, 6) is 0. The molecule has 2 aromatic carbocycles. The molecule has 0 aliphatic heterocycles. The lowest BCUT2D eigenvalue weighted by atomic mass is 10.1. The van der Waals surface area contributed by atoms with Crippen LogP contribution < -0.4 is 10.6 Å². The summed E-state index contributed by atoms with van der Waals surface area (Å²) in [5, 5.41) is 7.83. The third-order valence-electron chi connectivity index (χ3n) is 2.71. The number of hydrogen-bond donors (Lipinski definition) is 2. The highest BCUT2D eigenvalue weighted by molar-refractivity contribution is 7.80. The van der Waals surface area contributed by atoms with Gasteiger partial charge in [-0.05, 0) is 54.5 Å². The molecule has 0 saturated heterocycles. The lowest BCUT2D eigenvalue weighted by Gasteiger charge is -2.12. The van der Waals surface area contributed by atoms with Gasteiger partial charge in [-0.3, -0.25) is 0 Å². The molecule has 2 nitrogen and oxygen atoms in total. The minimum Gasteiger partial charge on any atom is -0.332 e. The summed E-state index contributed by atoms with van der Waals surface area (Å²) in [4.78, 5) is 0. The number of anilines is 2. The van der Waals surface area contributed by atoms with Gasteiger partial charge < -0.3 is 10.6 Å². The molecule has 0 heterocycles. The molecule has 0 bridgehead atoms. The zero-order valence-electron chi connectivity index (χ0n) is 10.9. The zero-order chi connectivity index (χ0) is 14.5.